The normalized spacial score (nSPS) is 18.6. The molecular formula is C12H11ClN2O2S2. The molecular weight excluding hydrogens is 304 g/mol. The molecule has 100 valence electrons. The van der Waals surface area contributed by atoms with Crippen molar-refractivity contribution in [3.8, 4) is 0 Å². The summed E-state index contributed by atoms with van der Waals surface area (Å²) in [5.74, 6) is 0. The molecule has 1 aliphatic rings. The Morgan fingerprint density at radius 3 is 2.84 bits per heavy atom. The molecule has 0 N–H and O–H groups in total. The van der Waals surface area contributed by atoms with Crippen LogP contribution in [0, 0.1) is 0 Å². The van der Waals surface area contributed by atoms with Crippen LogP contribution >= 0.6 is 22.9 Å². The van der Waals surface area contributed by atoms with Gasteiger partial charge in [-0.15, -0.1) is 0 Å². The standard InChI is InChI=1S/C12H11ClN2O2S2/c1-8-6-9-4-2-3-5-10(9)15(8)19(16,17)11-7-14-12(13)18-11/h2-5,7-8H,6H2,1H3. The van der Waals surface area contributed by atoms with Crippen LogP contribution in [-0.2, 0) is 16.4 Å². The number of anilines is 1. The Kier molecular flexibility index (Phi) is 3.03. The van der Waals surface area contributed by atoms with Crippen LogP contribution < -0.4 is 4.31 Å². The van der Waals surface area contributed by atoms with E-state index in [2.05, 4.69) is 4.98 Å². The van der Waals surface area contributed by atoms with Crippen molar-refractivity contribution in [1.29, 1.82) is 0 Å². The molecule has 3 rings (SSSR count). The lowest BCUT2D eigenvalue weighted by atomic mass is 10.1. The first-order chi connectivity index (χ1) is 9.00. The van der Waals surface area contributed by atoms with Gasteiger partial charge in [0.2, 0.25) is 0 Å². The van der Waals surface area contributed by atoms with Crippen molar-refractivity contribution >= 4 is 38.6 Å². The lowest BCUT2D eigenvalue weighted by molar-refractivity contribution is 0.586. The van der Waals surface area contributed by atoms with Crippen LogP contribution in [0.1, 0.15) is 12.5 Å². The highest BCUT2D eigenvalue weighted by molar-refractivity contribution is 7.94. The van der Waals surface area contributed by atoms with Gasteiger partial charge in [0.1, 0.15) is 0 Å². The van der Waals surface area contributed by atoms with E-state index in [1.807, 2.05) is 31.2 Å². The molecule has 0 fully saturated rings. The number of para-hydroxylation sites is 1. The molecule has 0 saturated carbocycles. The van der Waals surface area contributed by atoms with Crippen LogP contribution in [0.2, 0.25) is 4.47 Å². The van der Waals surface area contributed by atoms with Crippen LogP contribution in [0.4, 0.5) is 5.69 Å². The summed E-state index contributed by atoms with van der Waals surface area (Å²) in [6, 6.07) is 7.47. The van der Waals surface area contributed by atoms with Crippen molar-refractivity contribution in [3.63, 3.8) is 0 Å². The summed E-state index contributed by atoms with van der Waals surface area (Å²) in [7, 11) is -3.58. The van der Waals surface area contributed by atoms with E-state index in [-0.39, 0.29) is 14.7 Å². The van der Waals surface area contributed by atoms with E-state index in [0.29, 0.717) is 0 Å². The summed E-state index contributed by atoms with van der Waals surface area (Å²) in [4.78, 5) is 3.81. The zero-order chi connectivity index (χ0) is 13.6. The summed E-state index contributed by atoms with van der Waals surface area (Å²) in [6.07, 6.45) is 2.04. The number of aromatic nitrogens is 1. The average molecular weight is 315 g/mol. The number of hydrogen-bond acceptors (Lipinski definition) is 4. The van der Waals surface area contributed by atoms with Gasteiger partial charge in [-0.05, 0) is 25.0 Å². The summed E-state index contributed by atoms with van der Waals surface area (Å²) < 4.78 is 27.2. The molecule has 4 nitrogen and oxygen atoms in total. The Hall–Kier alpha value is -1.11. The summed E-state index contributed by atoms with van der Waals surface area (Å²) in [5, 5.41) is 0. The number of rotatable bonds is 2. The van der Waals surface area contributed by atoms with Gasteiger partial charge in [0.25, 0.3) is 10.0 Å². The maximum absolute atomic E-state index is 12.7. The molecule has 19 heavy (non-hydrogen) atoms. The summed E-state index contributed by atoms with van der Waals surface area (Å²) in [5.41, 5.74) is 1.80. The SMILES string of the molecule is CC1Cc2ccccc2N1S(=O)(=O)c1cnc(Cl)s1. The Morgan fingerprint density at radius 2 is 2.16 bits per heavy atom. The minimum absolute atomic E-state index is 0.0942. The van der Waals surface area contributed by atoms with E-state index in [9.17, 15) is 8.42 Å². The number of thiazole rings is 1. The Balaban J connectivity index is 2.12. The first-order valence-corrected chi connectivity index (χ1v) is 8.37. The fourth-order valence-electron chi connectivity index (χ4n) is 2.36. The molecule has 1 aliphatic heterocycles. The van der Waals surface area contributed by atoms with Gasteiger partial charge in [0.05, 0.1) is 11.9 Å². The third kappa shape index (κ3) is 2.04. The number of halogens is 1. The molecule has 1 atom stereocenters. The molecule has 0 bridgehead atoms. The van der Waals surface area contributed by atoms with Crippen LogP contribution in [0.25, 0.3) is 0 Å². The van der Waals surface area contributed by atoms with Crippen molar-refractivity contribution in [2.45, 2.75) is 23.6 Å². The molecule has 1 unspecified atom stereocenters. The van der Waals surface area contributed by atoms with E-state index in [0.717, 1.165) is 29.0 Å². The second-order valence-electron chi connectivity index (χ2n) is 4.41. The average Bonchev–Trinajstić information content (AvgIpc) is 2.92. The highest BCUT2D eigenvalue weighted by atomic mass is 35.5. The molecule has 0 saturated heterocycles. The summed E-state index contributed by atoms with van der Waals surface area (Å²) in [6.45, 7) is 1.90. The molecule has 1 aromatic carbocycles. The highest BCUT2D eigenvalue weighted by Gasteiger charge is 2.36. The third-order valence-electron chi connectivity index (χ3n) is 3.11. The maximum atomic E-state index is 12.7. The highest BCUT2D eigenvalue weighted by Crippen LogP contribution is 2.37. The fraction of sp³-hybridized carbons (Fsp3) is 0.250. The zero-order valence-corrected chi connectivity index (χ0v) is 12.5. The number of sulfonamides is 1. The van der Waals surface area contributed by atoms with E-state index in [4.69, 9.17) is 11.6 Å². The molecule has 1 aromatic heterocycles. The Morgan fingerprint density at radius 1 is 1.42 bits per heavy atom. The van der Waals surface area contributed by atoms with E-state index < -0.39 is 10.0 Å². The van der Waals surface area contributed by atoms with E-state index in [1.165, 1.54) is 10.5 Å². The van der Waals surface area contributed by atoms with Crippen molar-refractivity contribution in [1.82, 2.24) is 4.98 Å². The zero-order valence-electron chi connectivity index (χ0n) is 10.1. The third-order valence-corrected chi connectivity index (χ3v) is 6.59. The molecule has 0 amide bonds. The van der Waals surface area contributed by atoms with Crippen molar-refractivity contribution in [2.24, 2.45) is 0 Å². The first-order valence-electron chi connectivity index (χ1n) is 5.74. The number of fused-ring (bicyclic) bond motifs is 1. The number of nitrogens with zero attached hydrogens (tertiary/aromatic N) is 2. The number of benzene rings is 1. The van der Waals surface area contributed by atoms with Gasteiger partial charge in [-0.1, -0.05) is 41.1 Å². The van der Waals surface area contributed by atoms with Gasteiger partial charge in [0, 0.05) is 6.04 Å². The molecule has 2 aromatic rings. The predicted molar refractivity (Wildman–Crippen MR) is 76.4 cm³/mol. The van der Waals surface area contributed by atoms with Crippen molar-refractivity contribution < 1.29 is 8.42 Å². The van der Waals surface area contributed by atoms with Gasteiger partial charge in [0.15, 0.2) is 8.68 Å². The lowest BCUT2D eigenvalue weighted by Gasteiger charge is -2.23. The van der Waals surface area contributed by atoms with Gasteiger partial charge in [-0.3, -0.25) is 4.31 Å². The van der Waals surface area contributed by atoms with Crippen molar-refractivity contribution in [2.75, 3.05) is 4.31 Å². The fourth-order valence-corrected chi connectivity index (χ4v) is 5.44. The monoisotopic (exact) mass is 314 g/mol. The molecule has 2 heterocycles. The Bertz CT molecular complexity index is 727. The van der Waals surface area contributed by atoms with Crippen LogP contribution in [0.15, 0.2) is 34.7 Å². The largest absolute Gasteiger partial charge is 0.275 e. The van der Waals surface area contributed by atoms with E-state index in [1.54, 1.807) is 0 Å². The molecule has 0 spiro atoms. The van der Waals surface area contributed by atoms with E-state index >= 15 is 0 Å². The van der Waals surface area contributed by atoms with Gasteiger partial charge >= 0.3 is 0 Å². The smallest absolute Gasteiger partial charge is 0.262 e. The van der Waals surface area contributed by atoms with Crippen molar-refractivity contribution in [3.05, 3.63) is 40.5 Å². The quantitative estimate of drug-likeness (QED) is 0.856. The molecule has 7 heteroatoms. The minimum atomic E-state index is -3.58. The Labute approximate surface area is 120 Å². The van der Waals surface area contributed by atoms with Crippen LogP contribution in [0.3, 0.4) is 0 Å². The topological polar surface area (TPSA) is 50.3 Å². The molecule has 0 radical (unpaired) electrons. The second-order valence-corrected chi connectivity index (χ2v) is 8.07. The number of hydrogen-bond donors (Lipinski definition) is 0. The van der Waals surface area contributed by atoms with Crippen LogP contribution in [0.5, 0.6) is 0 Å². The van der Waals surface area contributed by atoms with Gasteiger partial charge in [-0.2, -0.15) is 0 Å². The summed E-state index contributed by atoms with van der Waals surface area (Å²) >= 11 is 6.72. The minimum Gasteiger partial charge on any atom is -0.262 e. The predicted octanol–water partition coefficient (Wildman–Crippen LogP) is 2.94. The second kappa shape index (κ2) is 4.47. The maximum Gasteiger partial charge on any atom is 0.275 e. The van der Waals surface area contributed by atoms with Gasteiger partial charge < -0.3 is 0 Å². The van der Waals surface area contributed by atoms with Gasteiger partial charge in [-0.25, -0.2) is 13.4 Å². The first kappa shape index (κ1) is 12.9. The van der Waals surface area contributed by atoms with Crippen LogP contribution in [-0.4, -0.2) is 19.4 Å². The lowest BCUT2D eigenvalue weighted by Crippen LogP contribution is -2.35. The molecule has 0 aliphatic carbocycles.